The highest BCUT2D eigenvalue weighted by atomic mass is 79.9. The normalized spacial score (nSPS) is 15.6. The molecule has 0 radical (unpaired) electrons. The Bertz CT molecular complexity index is 465. The predicted molar refractivity (Wildman–Crippen MR) is 68.8 cm³/mol. The van der Waals surface area contributed by atoms with Crippen LogP contribution in [-0.2, 0) is 6.54 Å². The van der Waals surface area contributed by atoms with Crippen LogP contribution in [0.2, 0.25) is 5.02 Å². The summed E-state index contributed by atoms with van der Waals surface area (Å²) in [6.07, 6.45) is 0. The van der Waals surface area contributed by atoms with E-state index in [4.69, 9.17) is 11.6 Å². The predicted octanol–water partition coefficient (Wildman–Crippen LogP) is 3.86. The third-order valence-corrected chi connectivity index (χ3v) is 3.49. The summed E-state index contributed by atoms with van der Waals surface area (Å²) < 4.78 is 0.916. The molecule has 0 spiro atoms. The first kappa shape index (κ1) is 11.9. The summed E-state index contributed by atoms with van der Waals surface area (Å²) in [6.45, 7) is 6.72. The van der Waals surface area contributed by atoms with Gasteiger partial charge in [0.25, 0.3) is 5.91 Å². The van der Waals surface area contributed by atoms with Crippen molar-refractivity contribution >= 4 is 33.4 Å². The lowest BCUT2D eigenvalue weighted by Crippen LogP contribution is -2.41. The molecule has 0 N–H and O–H groups in total. The van der Waals surface area contributed by atoms with E-state index in [0.29, 0.717) is 17.1 Å². The molecule has 0 aromatic heterocycles. The number of hydrogen-bond donors (Lipinski definition) is 0. The molecule has 0 saturated heterocycles. The van der Waals surface area contributed by atoms with Gasteiger partial charge in [-0.25, -0.2) is 0 Å². The summed E-state index contributed by atoms with van der Waals surface area (Å²) >= 11 is 9.50. The Balaban J connectivity index is 2.51. The van der Waals surface area contributed by atoms with Crippen LogP contribution >= 0.6 is 27.5 Å². The Morgan fingerprint density at radius 1 is 1.38 bits per heavy atom. The Kier molecular flexibility index (Phi) is 2.79. The van der Waals surface area contributed by atoms with Crippen LogP contribution in [0.4, 0.5) is 0 Å². The number of carbonyl (C=O) groups excluding carboxylic acids is 1. The number of carbonyl (C=O) groups is 1. The van der Waals surface area contributed by atoms with E-state index >= 15 is 0 Å². The first-order valence-corrected chi connectivity index (χ1v) is 6.27. The highest BCUT2D eigenvalue weighted by Gasteiger charge is 2.36. The summed E-state index contributed by atoms with van der Waals surface area (Å²) in [5.41, 5.74) is 1.48. The fourth-order valence-electron chi connectivity index (χ4n) is 1.91. The average Bonchev–Trinajstić information content (AvgIpc) is 2.41. The van der Waals surface area contributed by atoms with Crippen molar-refractivity contribution < 1.29 is 4.79 Å². The van der Waals surface area contributed by atoms with Gasteiger partial charge in [0.05, 0.1) is 10.6 Å². The van der Waals surface area contributed by atoms with Crippen LogP contribution in [0.25, 0.3) is 0 Å². The number of rotatable bonds is 0. The zero-order valence-corrected chi connectivity index (χ0v) is 11.8. The summed E-state index contributed by atoms with van der Waals surface area (Å²) in [4.78, 5) is 14.0. The Hall–Kier alpha value is -0.540. The largest absolute Gasteiger partial charge is 0.329 e. The lowest BCUT2D eigenvalue weighted by Gasteiger charge is -2.31. The molecule has 0 atom stereocenters. The standard InChI is InChI=1S/C12H13BrClNO/c1-12(2,3)15-6-7-4-8(13)5-9(14)10(7)11(15)16/h4-5H,6H2,1-3H3. The number of hydrogen-bond acceptors (Lipinski definition) is 1. The number of fused-ring (bicyclic) bond motifs is 1. The number of halogens is 2. The van der Waals surface area contributed by atoms with Crippen molar-refractivity contribution in [1.82, 2.24) is 4.90 Å². The third-order valence-electron chi connectivity index (χ3n) is 2.73. The van der Waals surface area contributed by atoms with E-state index in [1.807, 2.05) is 31.7 Å². The third kappa shape index (κ3) is 1.87. The van der Waals surface area contributed by atoms with Crippen molar-refractivity contribution in [3.8, 4) is 0 Å². The van der Waals surface area contributed by atoms with Gasteiger partial charge in [-0.2, -0.15) is 0 Å². The smallest absolute Gasteiger partial charge is 0.256 e. The van der Waals surface area contributed by atoms with Crippen LogP contribution in [0.5, 0.6) is 0 Å². The maximum absolute atomic E-state index is 12.2. The van der Waals surface area contributed by atoms with Crippen molar-refractivity contribution in [2.45, 2.75) is 32.9 Å². The van der Waals surface area contributed by atoms with Crippen molar-refractivity contribution in [2.75, 3.05) is 0 Å². The molecule has 4 heteroatoms. The van der Waals surface area contributed by atoms with Crippen LogP contribution in [-0.4, -0.2) is 16.3 Å². The fraction of sp³-hybridized carbons (Fsp3) is 0.417. The first-order valence-electron chi connectivity index (χ1n) is 5.10. The van der Waals surface area contributed by atoms with Gasteiger partial charge < -0.3 is 4.90 Å². The van der Waals surface area contributed by atoms with Crippen LogP contribution < -0.4 is 0 Å². The summed E-state index contributed by atoms with van der Waals surface area (Å²) in [5.74, 6) is 0.0278. The Labute approximate surface area is 109 Å². The van der Waals surface area contributed by atoms with Gasteiger partial charge in [0, 0.05) is 16.6 Å². The van der Waals surface area contributed by atoms with Crippen molar-refractivity contribution in [1.29, 1.82) is 0 Å². The minimum absolute atomic E-state index is 0.0278. The molecular formula is C12H13BrClNO. The highest BCUT2D eigenvalue weighted by molar-refractivity contribution is 9.10. The van der Waals surface area contributed by atoms with E-state index in [-0.39, 0.29) is 11.4 Å². The molecule has 1 aliphatic rings. The van der Waals surface area contributed by atoms with Gasteiger partial charge in [-0.15, -0.1) is 0 Å². The summed E-state index contributed by atoms with van der Waals surface area (Å²) in [6, 6.07) is 3.73. The Morgan fingerprint density at radius 2 is 2.00 bits per heavy atom. The first-order chi connectivity index (χ1) is 7.30. The molecule has 86 valence electrons. The van der Waals surface area contributed by atoms with Gasteiger partial charge in [0.1, 0.15) is 0 Å². The molecule has 0 saturated carbocycles. The topological polar surface area (TPSA) is 20.3 Å². The van der Waals surface area contributed by atoms with Crippen molar-refractivity contribution in [2.24, 2.45) is 0 Å². The maximum Gasteiger partial charge on any atom is 0.256 e. The second kappa shape index (κ2) is 3.74. The monoisotopic (exact) mass is 301 g/mol. The van der Waals surface area contributed by atoms with Gasteiger partial charge in [-0.05, 0) is 38.5 Å². The van der Waals surface area contributed by atoms with Crippen LogP contribution in [0.3, 0.4) is 0 Å². The fourth-order valence-corrected chi connectivity index (χ4v) is 2.87. The molecule has 1 heterocycles. The molecule has 1 aliphatic heterocycles. The molecule has 0 fully saturated rings. The lowest BCUT2D eigenvalue weighted by molar-refractivity contribution is 0.0610. The molecule has 2 rings (SSSR count). The van der Waals surface area contributed by atoms with E-state index < -0.39 is 0 Å². The molecule has 0 aliphatic carbocycles. The Morgan fingerprint density at radius 3 is 2.56 bits per heavy atom. The van der Waals surface area contributed by atoms with Crippen molar-refractivity contribution in [3.05, 3.63) is 32.8 Å². The second-order valence-electron chi connectivity index (χ2n) is 4.98. The zero-order chi connectivity index (χ0) is 12.1. The van der Waals surface area contributed by atoms with Gasteiger partial charge in [0.2, 0.25) is 0 Å². The highest BCUT2D eigenvalue weighted by Crippen LogP contribution is 2.35. The van der Waals surface area contributed by atoms with E-state index in [0.717, 1.165) is 10.0 Å². The van der Waals surface area contributed by atoms with E-state index in [1.54, 1.807) is 6.07 Å². The lowest BCUT2D eigenvalue weighted by atomic mass is 10.1. The molecule has 1 amide bonds. The number of amides is 1. The number of nitrogens with zero attached hydrogens (tertiary/aromatic N) is 1. The zero-order valence-electron chi connectivity index (χ0n) is 9.47. The molecule has 0 unspecified atom stereocenters. The molecule has 2 nitrogen and oxygen atoms in total. The minimum atomic E-state index is -0.175. The van der Waals surface area contributed by atoms with Crippen LogP contribution in [0.1, 0.15) is 36.7 Å². The van der Waals surface area contributed by atoms with Crippen LogP contribution in [0, 0.1) is 0 Å². The van der Waals surface area contributed by atoms with Crippen LogP contribution in [0.15, 0.2) is 16.6 Å². The molecule has 1 aromatic rings. The SMILES string of the molecule is CC(C)(C)N1Cc2cc(Br)cc(Cl)c2C1=O. The second-order valence-corrected chi connectivity index (χ2v) is 6.31. The summed E-state index contributed by atoms with van der Waals surface area (Å²) in [5, 5.41) is 0.529. The van der Waals surface area contributed by atoms with Crippen molar-refractivity contribution in [3.63, 3.8) is 0 Å². The molecular weight excluding hydrogens is 289 g/mol. The molecule has 1 aromatic carbocycles. The van der Waals surface area contributed by atoms with Gasteiger partial charge in [0.15, 0.2) is 0 Å². The minimum Gasteiger partial charge on any atom is -0.329 e. The van der Waals surface area contributed by atoms with Gasteiger partial charge in [-0.3, -0.25) is 4.79 Å². The molecule has 0 bridgehead atoms. The maximum atomic E-state index is 12.2. The van der Waals surface area contributed by atoms with Gasteiger partial charge in [-0.1, -0.05) is 27.5 Å². The quantitative estimate of drug-likeness (QED) is 0.712. The van der Waals surface area contributed by atoms with Gasteiger partial charge >= 0.3 is 0 Å². The van der Waals surface area contributed by atoms with E-state index in [9.17, 15) is 4.79 Å². The average molecular weight is 303 g/mol. The number of benzene rings is 1. The molecule has 16 heavy (non-hydrogen) atoms. The summed E-state index contributed by atoms with van der Waals surface area (Å²) in [7, 11) is 0. The van der Waals surface area contributed by atoms with E-state index in [1.165, 1.54) is 0 Å². The van der Waals surface area contributed by atoms with E-state index in [2.05, 4.69) is 15.9 Å².